The number of alkyl carbamates (subject to hydrolysis) is 1. The Hall–Kier alpha value is -3.39. The smallest absolute Gasteiger partial charge is 0.407 e. The van der Waals surface area contributed by atoms with Crippen LogP contribution in [0.5, 0.6) is 0 Å². The number of carboxylic acid groups (broad SMARTS) is 1. The first kappa shape index (κ1) is 23.8. The molecule has 3 unspecified atom stereocenters. The van der Waals surface area contributed by atoms with Crippen LogP contribution in [-0.2, 0) is 14.3 Å². The Labute approximate surface area is 198 Å². The summed E-state index contributed by atoms with van der Waals surface area (Å²) < 4.78 is 5.47. The SMILES string of the molecule is O=C(O)CC(NC(=O)OCC1c2ccccc2-c2ccccc21)C(=O)NC1CCCCC1CO. The molecule has 4 rings (SSSR count). The second kappa shape index (κ2) is 10.7. The van der Waals surface area contributed by atoms with E-state index in [1.54, 1.807) is 0 Å². The van der Waals surface area contributed by atoms with Crippen molar-refractivity contribution in [1.82, 2.24) is 10.6 Å². The van der Waals surface area contributed by atoms with E-state index < -0.39 is 30.4 Å². The summed E-state index contributed by atoms with van der Waals surface area (Å²) in [5.41, 5.74) is 4.31. The lowest BCUT2D eigenvalue weighted by Crippen LogP contribution is -2.53. The van der Waals surface area contributed by atoms with Gasteiger partial charge in [-0.3, -0.25) is 9.59 Å². The van der Waals surface area contributed by atoms with Gasteiger partial charge in [0.05, 0.1) is 6.42 Å². The van der Waals surface area contributed by atoms with Crippen LogP contribution in [0.4, 0.5) is 4.79 Å². The molecule has 34 heavy (non-hydrogen) atoms. The van der Waals surface area contributed by atoms with Crippen molar-refractivity contribution in [2.75, 3.05) is 13.2 Å². The van der Waals surface area contributed by atoms with Crippen LogP contribution in [0.3, 0.4) is 0 Å². The number of fused-ring (bicyclic) bond motifs is 3. The Kier molecular flexibility index (Phi) is 7.47. The average molecular weight is 467 g/mol. The predicted octanol–water partition coefficient (Wildman–Crippen LogP) is 3.04. The number of hydrogen-bond donors (Lipinski definition) is 4. The van der Waals surface area contributed by atoms with Crippen molar-refractivity contribution in [2.45, 2.75) is 50.1 Å². The molecule has 0 spiro atoms. The second-order valence-electron chi connectivity index (χ2n) is 8.96. The predicted molar refractivity (Wildman–Crippen MR) is 125 cm³/mol. The lowest BCUT2D eigenvalue weighted by atomic mass is 9.85. The summed E-state index contributed by atoms with van der Waals surface area (Å²) in [6.07, 6.45) is 2.00. The molecule has 180 valence electrons. The number of carbonyl (C=O) groups excluding carboxylic acids is 2. The maximum absolute atomic E-state index is 12.8. The van der Waals surface area contributed by atoms with Gasteiger partial charge in [-0.25, -0.2) is 4.79 Å². The van der Waals surface area contributed by atoms with Gasteiger partial charge in [0.2, 0.25) is 5.91 Å². The molecule has 0 heterocycles. The van der Waals surface area contributed by atoms with Gasteiger partial charge < -0.3 is 25.6 Å². The van der Waals surface area contributed by atoms with Gasteiger partial charge in [0, 0.05) is 24.5 Å². The number of amides is 2. The molecule has 2 aliphatic carbocycles. The van der Waals surface area contributed by atoms with Crippen LogP contribution in [0.1, 0.15) is 49.1 Å². The number of aliphatic carboxylic acids is 1. The van der Waals surface area contributed by atoms with Gasteiger partial charge in [-0.15, -0.1) is 0 Å². The normalized spacial score (nSPS) is 20.0. The second-order valence-corrected chi connectivity index (χ2v) is 8.96. The largest absolute Gasteiger partial charge is 0.481 e. The molecule has 0 aliphatic heterocycles. The van der Waals surface area contributed by atoms with Crippen molar-refractivity contribution in [1.29, 1.82) is 0 Å². The average Bonchev–Trinajstić information content (AvgIpc) is 3.16. The summed E-state index contributed by atoms with van der Waals surface area (Å²) in [6.45, 7) is 0.0187. The van der Waals surface area contributed by atoms with Crippen LogP contribution < -0.4 is 10.6 Å². The third-order valence-corrected chi connectivity index (χ3v) is 6.80. The summed E-state index contributed by atoms with van der Waals surface area (Å²) in [7, 11) is 0. The molecule has 2 aliphatic rings. The summed E-state index contributed by atoms with van der Waals surface area (Å²) in [6, 6.07) is 14.4. The van der Waals surface area contributed by atoms with Crippen molar-refractivity contribution in [3.8, 4) is 11.1 Å². The zero-order valence-corrected chi connectivity index (χ0v) is 18.9. The Morgan fingerprint density at radius 1 is 0.971 bits per heavy atom. The lowest BCUT2D eigenvalue weighted by Gasteiger charge is -2.32. The van der Waals surface area contributed by atoms with Crippen molar-refractivity contribution in [2.24, 2.45) is 5.92 Å². The Morgan fingerprint density at radius 2 is 1.59 bits per heavy atom. The first-order valence-electron chi connectivity index (χ1n) is 11.7. The fourth-order valence-corrected chi connectivity index (χ4v) is 5.07. The zero-order chi connectivity index (χ0) is 24.1. The minimum absolute atomic E-state index is 0.0473. The van der Waals surface area contributed by atoms with Crippen LogP contribution >= 0.6 is 0 Å². The molecule has 8 heteroatoms. The summed E-state index contributed by atoms with van der Waals surface area (Å²) in [4.78, 5) is 36.7. The molecular weight excluding hydrogens is 436 g/mol. The van der Waals surface area contributed by atoms with E-state index in [-0.39, 0.29) is 31.1 Å². The number of carboxylic acids is 1. The number of aliphatic hydroxyl groups is 1. The standard InChI is InChI=1S/C26H30N2O6/c29-14-16-7-1-6-12-22(16)27-25(32)23(13-24(30)31)28-26(33)34-15-21-19-10-4-2-8-17(19)18-9-3-5-11-20(18)21/h2-5,8-11,16,21-23,29H,1,6-7,12-15H2,(H,27,32)(H,28,33)(H,30,31). The van der Waals surface area contributed by atoms with Crippen molar-refractivity contribution in [3.05, 3.63) is 59.7 Å². The number of rotatable bonds is 8. The maximum atomic E-state index is 12.8. The van der Waals surface area contributed by atoms with Crippen LogP contribution in [0.2, 0.25) is 0 Å². The first-order chi connectivity index (χ1) is 16.5. The van der Waals surface area contributed by atoms with E-state index in [1.165, 1.54) is 0 Å². The number of ether oxygens (including phenoxy) is 1. The highest BCUT2D eigenvalue weighted by atomic mass is 16.5. The third-order valence-electron chi connectivity index (χ3n) is 6.80. The minimum Gasteiger partial charge on any atom is -0.481 e. The molecule has 0 radical (unpaired) electrons. The molecule has 2 aromatic rings. The van der Waals surface area contributed by atoms with Crippen LogP contribution in [0.25, 0.3) is 11.1 Å². The Bertz CT molecular complexity index is 1010. The molecule has 8 nitrogen and oxygen atoms in total. The quantitative estimate of drug-likeness (QED) is 0.474. The van der Waals surface area contributed by atoms with Crippen molar-refractivity contribution >= 4 is 18.0 Å². The highest BCUT2D eigenvalue weighted by Crippen LogP contribution is 2.44. The molecule has 2 amide bonds. The van der Waals surface area contributed by atoms with E-state index in [0.29, 0.717) is 6.42 Å². The molecule has 0 aromatic heterocycles. The Morgan fingerprint density at radius 3 is 2.21 bits per heavy atom. The van der Waals surface area contributed by atoms with Crippen LogP contribution in [0.15, 0.2) is 48.5 Å². The lowest BCUT2D eigenvalue weighted by molar-refractivity contribution is -0.140. The van der Waals surface area contributed by atoms with E-state index in [0.717, 1.165) is 41.5 Å². The molecule has 1 fully saturated rings. The molecule has 0 saturated heterocycles. The van der Waals surface area contributed by atoms with Crippen molar-refractivity contribution in [3.63, 3.8) is 0 Å². The molecular formula is C26H30N2O6. The monoisotopic (exact) mass is 466 g/mol. The number of aliphatic hydroxyl groups excluding tert-OH is 1. The van der Waals surface area contributed by atoms with E-state index in [4.69, 9.17) is 4.74 Å². The fourth-order valence-electron chi connectivity index (χ4n) is 5.07. The van der Waals surface area contributed by atoms with Crippen LogP contribution in [-0.4, -0.2) is 53.5 Å². The zero-order valence-electron chi connectivity index (χ0n) is 18.9. The van der Waals surface area contributed by atoms with Gasteiger partial charge in [0.1, 0.15) is 12.6 Å². The van der Waals surface area contributed by atoms with Gasteiger partial charge in [-0.1, -0.05) is 61.4 Å². The first-order valence-corrected chi connectivity index (χ1v) is 11.7. The van der Waals surface area contributed by atoms with E-state index in [9.17, 15) is 24.6 Å². The Balaban J connectivity index is 1.40. The van der Waals surface area contributed by atoms with Gasteiger partial charge in [0.25, 0.3) is 0 Å². The molecule has 1 saturated carbocycles. The van der Waals surface area contributed by atoms with Crippen LogP contribution in [0, 0.1) is 5.92 Å². The van der Waals surface area contributed by atoms with Gasteiger partial charge in [0.15, 0.2) is 0 Å². The van der Waals surface area contributed by atoms with E-state index in [1.807, 2.05) is 48.5 Å². The summed E-state index contributed by atoms with van der Waals surface area (Å²) >= 11 is 0. The summed E-state index contributed by atoms with van der Waals surface area (Å²) in [5.74, 6) is -2.00. The minimum atomic E-state index is -1.27. The van der Waals surface area contributed by atoms with E-state index in [2.05, 4.69) is 10.6 Å². The van der Waals surface area contributed by atoms with E-state index >= 15 is 0 Å². The number of nitrogens with one attached hydrogen (secondary N) is 2. The molecule has 4 N–H and O–H groups in total. The molecule has 3 atom stereocenters. The van der Waals surface area contributed by atoms with Gasteiger partial charge >= 0.3 is 12.1 Å². The molecule has 2 aromatic carbocycles. The highest BCUT2D eigenvalue weighted by Gasteiger charge is 2.32. The highest BCUT2D eigenvalue weighted by molar-refractivity contribution is 5.89. The van der Waals surface area contributed by atoms with Gasteiger partial charge in [-0.2, -0.15) is 0 Å². The summed E-state index contributed by atoms with van der Waals surface area (Å²) in [5, 5.41) is 24.1. The number of benzene rings is 2. The molecule has 0 bridgehead atoms. The maximum Gasteiger partial charge on any atom is 0.407 e. The third kappa shape index (κ3) is 5.22. The van der Waals surface area contributed by atoms with Gasteiger partial charge in [-0.05, 0) is 35.1 Å². The fraction of sp³-hybridized carbons (Fsp3) is 0.423. The number of carbonyl (C=O) groups is 3. The number of hydrogen-bond acceptors (Lipinski definition) is 5. The van der Waals surface area contributed by atoms with Crippen molar-refractivity contribution < 1.29 is 29.3 Å². The topological polar surface area (TPSA) is 125 Å².